The molecule has 5 heteroatoms. The first-order valence-electron chi connectivity index (χ1n) is 9.02. The van der Waals surface area contributed by atoms with Gasteiger partial charge in [0.05, 0.1) is 27.4 Å². The van der Waals surface area contributed by atoms with Crippen molar-refractivity contribution in [2.45, 2.75) is 58.9 Å². The number of hydrogen-bond acceptors (Lipinski definition) is 4. The zero-order chi connectivity index (χ0) is 20.3. The standard InChI is InChI=1S/C21H36O4Si/c1-14(2)15(3)19(25-26(10,11)21(4,5)6)16-12-17(22-7)20(24-9)18(13-16)23-8/h12-13,15,19H,1H2,2-11H3/t15-,19-/m0/s1. The highest BCUT2D eigenvalue weighted by atomic mass is 28.4. The average molecular weight is 381 g/mol. The molecule has 0 saturated heterocycles. The quantitative estimate of drug-likeness (QED) is 0.410. The molecule has 0 fully saturated rings. The maximum atomic E-state index is 6.81. The van der Waals surface area contributed by atoms with Gasteiger partial charge in [-0.3, -0.25) is 0 Å². The van der Waals surface area contributed by atoms with Crippen molar-refractivity contribution < 1.29 is 18.6 Å². The highest BCUT2D eigenvalue weighted by molar-refractivity contribution is 6.74. The Bertz CT molecular complexity index is 606. The zero-order valence-electron chi connectivity index (χ0n) is 18.1. The van der Waals surface area contributed by atoms with Crippen LogP contribution in [0.4, 0.5) is 0 Å². The van der Waals surface area contributed by atoms with Gasteiger partial charge >= 0.3 is 0 Å². The van der Waals surface area contributed by atoms with Crippen LogP contribution >= 0.6 is 0 Å². The van der Waals surface area contributed by atoms with Crippen molar-refractivity contribution in [3.8, 4) is 17.2 Å². The molecule has 4 nitrogen and oxygen atoms in total. The summed E-state index contributed by atoms with van der Waals surface area (Å²) in [4.78, 5) is 0. The first-order chi connectivity index (χ1) is 11.9. The smallest absolute Gasteiger partial charge is 0.203 e. The summed E-state index contributed by atoms with van der Waals surface area (Å²) in [5.41, 5.74) is 2.10. The molecule has 148 valence electrons. The molecule has 2 atom stereocenters. The molecule has 0 unspecified atom stereocenters. The van der Waals surface area contributed by atoms with E-state index < -0.39 is 8.32 Å². The molecule has 26 heavy (non-hydrogen) atoms. The lowest BCUT2D eigenvalue weighted by atomic mass is 9.92. The summed E-state index contributed by atoms with van der Waals surface area (Å²) in [6.45, 7) is 19.6. The normalized spacial score (nSPS) is 14.5. The van der Waals surface area contributed by atoms with Crippen LogP contribution in [-0.2, 0) is 4.43 Å². The van der Waals surface area contributed by atoms with E-state index in [0.717, 1.165) is 11.1 Å². The number of benzene rings is 1. The van der Waals surface area contributed by atoms with Gasteiger partial charge in [-0.15, -0.1) is 0 Å². The van der Waals surface area contributed by atoms with Gasteiger partial charge in [0.25, 0.3) is 0 Å². The third-order valence-corrected chi connectivity index (χ3v) is 9.93. The molecule has 0 radical (unpaired) electrons. The summed E-state index contributed by atoms with van der Waals surface area (Å²) in [5.74, 6) is 2.03. The minimum atomic E-state index is -1.99. The van der Waals surface area contributed by atoms with Crippen LogP contribution in [0.25, 0.3) is 0 Å². The van der Waals surface area contributed by atoms with E-state index in [2.05, 4.69) is 47.4 Å². The van der Waals surface area contributed by atoms with Crippen molar-refractivity contribution in [1.82, 2.24) is 0 Å². The van der Waals surface area contributed by atoms with E-state index in [-0.39, 0.29) is 17.1 Å². The minimum absolute atomic E-state index is 0.112. The van der Waals surface area contributed by atoms with Crippen LogP contribution < -0.4 is 14.2 Å². The van der Waals surface area contributed by atoms with E-state index in [1.165, 1.54) is 0 Å². The second kappa shape index (κ2) is 8.48. The van der Waals surface area contributed by atoms with Gasteiger partial charge in [-0.2, -0.15) is 0 Å². The lowest BCUT2D eigenvalue weighted by Crippen LogP contribution is -2.43. The molecule has 1 aromatic rings. The molecule has 0 aliphatic carbocycles. The molecule has 0 amide bonds. The van der Waals surface area contributed by atoms with Crippen molar-refractivity contribution in [2.75, 3.05) is 21.3 Å². The number of rotatable bonds is 8. The molecular formula is C21H36O4Si. The van der Waals surface area contributed by atoms with Crippen LogP contribution in [0.5, 0.6) is 17.2 Å². The van der Waals surface area contributed by atoms with Gasteiger partial charge in [0.15, 0.2) is 19.8 Å². The van der Waals surface area contributed by atoms with Gasteiger partial charge in [-0.25, -0.2) is 0 Å². The summed E-state index contributed by atoms with van der Waals surface area (Å²) in [6, 6.07) is 3.97. The first-order valence-corrected chi connectivity index (χ1v) is 11.9. The summed E-state index contributed by atoms with van der Waals surface area (Å²) in [6.07, 6.45) is -0.123. The lowest BCUT2D eigenvalue weighted by Gasteiger charge is -2.41. The van der Waals surface area contributed by atoms with Crippen molar-refractivity contribution in [2.24, 2.45) is 5.92 Å². The number of methoxy groups -OCH3 is 3. The van der Waals surface area contributed by atoms with E-state index in [4.69, 9.17) is 18.6 Å². The van der Waals surface area contributed by atoms with E-state index >= 15 is 0 Å². The van der Waals surface area contributed by atoms with Gasteiger partial charge < -0.3 is 18.6 Å². The second-order valence-corrected chi connectivity index (χ2v) is 13.1. The highest BCUT2D eigenvalue weighted by Crippen LogP contribution is 2.46. The van der Waals surface area contributed by atoms with Crippen molar-refractivity contribution >= 4 is 8.32 Å². The zero-order valence-corrected chi connectivity index (χ0v) is 19.1. The first kappa shape index (κ1) is 22.6. The largest absolute Gasteiger partial charge is 0.493 e. The van der Waals surface area contributed by atoms with Gasteiger partial charge in [0.2, 0.25) is 5.75 Å². The molecular weight excluding hydrogens is 344 g/mol. The Morgan fingerprint density at radius 3 is 1.77 bits per heavy atom. The Labute approximate surface area is 160 Å². The molecule has 0 bridgehead atoms. The Morgan fingerprint density at radius 2 is 1.46 bits per heavy atom. The van der Waals surface area contributed by atoms with Crippen LogP contribution in [0.1, 0.15) is 46.3 Å². The third kappa shape index (κ3) is 4.83. The molecule has 1 rings (SSSR count). The fraction of sp³-hybridized carbons (Fsp3) is 0.619. The Balaban J connectivity index is 3.51. The maximum absolute atomic E-state index is 6.81. The van der Waals surface area contributed by atoms with E-state index in [1.54, 1.807) is 21.3 Å². The van der Waals surface area contributed by atoms with Gasteiger partial charge in [-0.05, 0) is 42.8 Å². The highest BCUT2D eigenvalue weighted by Gasteiger charge is 2.41. The SMILES string of the molecule is C=C(C)[C@H](C)[C@H](O[Si](C)(C)C(C)(C)C)c1cc(OC)c(OC)c(OC)c1. The van der Waals surface area contributed by atoms with Crippen LogP contribution in [-0.4, -0.2) is 29.6 Å². The van der Waals surface area contributed by atoms with Crippen LogP contribution in [0.3, 0.4) is 0 Å². The molecule has 0 saturated carbocycles. The maximum Gasteiger partial charge on any atom is 0.203 e. The second-order valence-electron chi connectivity index (χ2n) is 8.39. The molecule has 0 aliphatic heterocycles. The molecule has 0 aromatic heterocycles. The minimum Gasteiger partial charge on any atom is -0.493 e. The summed E-state index contributed by atoms with van der Waals surface area (Å²) >= 11 is 0. The molecule has 0 N–H and O–H groups in total. The van der Waals surface area contributed by atoms with Gasteiger partial charge in [-0.1, -0.05) is 39.8 Å². The van der Waals surface area contributed by atoms with Crippen LogP contribution in [0.15, 0.2) is 24.3 Å². The predicted molar refractivity (Wildman–Crippen MR) is 111 cm³/mol. The Morgan fingerprint density at radius 1 is 1.00 bits per heavy atom. The van der Waals surface area contributed by atoms with Crippen molar-refractivity contribution in [3.05, 3.63) is 29.8 Å². The summed E-state index contributed by atoms with van der Waals surface area (Å²) in [7, 11) is 2.88. The lowest BCUT2D eigenvalue weighted by molar-refractivity contribution is 0.142. The van der Waals surface area contributed by atoms with Crippen LogP contribution in [0, 0.1) is 5.92 Å². The molecule has 0 spiro atoms. The van der Waals surface area contributed by atoms with E-state index in [1.807, 2.05) is 19.1 Å². The fourth-order valence-electron chi connectivity index (χ4n) is 2.48. The van der Waals surface area contributed by atoms with E-state index in [0.29, 0.717) is 17.2 Å². The van der Waals surface area contributed by atoms with E-state index in [9.17, 15) is 0 Å². The monoisotopic (exact) mass is 380 g/mol. The summed E-state index contributed by atoms with van der Waals surface area (Å²) in [5, 5.41) is 0.112. The Kier molecular flexibility index (Phi) is 7.37. The average Bonchev–Trinajstić information content (AvgIpc) is 2.56. The van der Waals surface area contributed by atoms with Crippen LogP contribution in [0.2, 0.25) is 18.1 Å². The molecule has 0 heterocycles. The number of hydrogen-bond donors (Lipinski definition) is 0. The predicted octanol–water partition coefficient (Wildman–Crippen LogP) is 5.99. The number of ether oxygens (including phenoxy) is 3. The van der Waals surface area contributed by atoms with Gasteiger partial charge in [0.1, 0.15) is 0 Å². The summed E-state index contributed by atoms with van der Waals surface area (Å²) < 4.78 is 23.3. The fourth-order valence-corrected chi connectivity index (χ4v) is 3.81. The molecule has 0 aliphatic rings. The van der Waals surface area contributed by atoms with Crippen molar-refractivity contribution in [1.29, 1.82) is 0 Å². The third-order valence-electron chi connectivity index (χ3n) is 5.47. The topological polar surface area (TPSA) is 36.9 Å². The Hall–Kier alpha value is -1.46. The molecule has 1 aromatic carbocycles. The van der Waals surface area contributed by atoms with Gasteiger partial charge in [0, 0.05) is 5.92 Å². The van der Waals surface area contributed by atoms with Crippen molar-refractivity contribution in [3.63, 3.8) is 0 Å².